The third kappa shape index (κ3) is 4.94. The van der Waals surface area contributed by atoms with E-state index in [2.05, 4.69) is 10.0 Å². The molecule has 1 unspecified atom stereocenters. The zero-order chi connectivity index (χ0) is 18.0. The Morgan fingerprint density at radius 1 is 1.19 bits per heavy atom. The number of hydrogen-bond acceptors (Lipinski definition) is 6. The molecule has 0 saturated heterocycles. The minimum atomic E-state index is -3.31. The zero-order valence-corrected chi connectivity index (χ0v) is 15.7. The number of benzene rings is 2. The highest BCUT2D eigenvalue weighted by molar-refractivity contribution is 7.92. The van der Waals surface area contributed by atoms with Crippen LogP contribution in [0.25, 0.3) is 0 Å². The fourth-order valence-corrected chi connectivity index (χ4v) is 3.39. The summed E-state index contributed by atoms with van der Waals surface area (Å²) in [5.41, 5.74) is 2.35. The molecule has 2 aromatic carbocycles. The van der Waals surface area contributed by atoms with E-state index in [0.717, 1.165) is 30.3 Å². The van der Waals surface area contributed by atoms with Gasteiger partial charge in [0.15, 0.2) is 11.5 Å². The van der Waals surface area contributed by atoms with Crippen LogP contribution in [-0.2, 0) is 16.4 Å². The number of rotatable bonds is 5. The van der Waals surface area contributed by atoms with E-state index in [4.69, 9.17) is 4.74 Å². The van der Waals surface area contributed by atoms with Crippen LogP contribution in [0.15, 0.2) is 36.4 Å². The summed E-state index contributed by atoms with van der Waals surface area (Å²) in [6.07, 6.45) is 1.86. The molecule has 1 atom stereocenters. The Kier molecular flexibility index (Phi) is 6.22. The van der Waals surface area contributed by atoms with E-state index < -0.39 is 10.0 Å². The van der Waals surface area contributed by atoms with Gasteiger partial charge in [-0.05, 0) is 60.5 Å². The average molecular weight is 401 g/mol. The molecule has 2 aromatic rings. The topological polar surface area (TPSA) is 108 Å². The quantitative estimate of drug-likeness (QED) is 0.573. The van der Waals surface area contributed by atoms with Crippen molar-refractivity contribution in [1.29, 1.82) is 0 Å². The Bertz CT molecular complexity index is 871. The summed E-state index contributed by atoms with van der Waals surface area (Å²) in [5, 5.41) is 22.7. The molecule has 0 amide bonds. The molecule has 3 rings (SSSR count). The van der Waals surface area contributed by atoms with Gasteiger partial charge in [-0.1, -0.05) is 0 Å². The van der Waals surface area contributed by atoms with Crippen molar-refractivity contribution >= 4 is 28.1 Å². The fourth-order valence-electron chi connectivity index (χ4n) is 2.83. The predicted octanol–water partition coefficient (Wildman–Crippen LogP) is 2.16. The number of phenols is 2. The van der Waals surface area contributed by atoms with E-state index >= 15 is 0 Å². The van der Waals surface area contributed by atoms with Crippen molar-refractivity contribution in [3.63, 3.8) is 0 Å². The Labute approximate surface area is 158 Å². The highest BCUT2D eigenvalue weighted by Crippen LogP contribution is 2.33. The monoisotopic (exact) mass is 400 g/mol. The van der Waals surface area contributed by atoms with Gasteiger partial charge in [0.1, 0.15) is 12.4 Å². The van der Waals surface area contributed by atoms with Gasteiger partial charge in [0.05, 0.1) is 12.3 Å². The van der Waals surface area contributed by atoms with Crippen LogP contribution >= 0.6 is 12.4 Å². The van der Waals surface area contributed by atoms with E-state index in [1.165, 1.54) is 0 Å². The Morgan fingerprint density at radius 2 is 1.85 bits per heavy atom. The molecule has 0 aliphatic carbocycles. The molecule has 0 bridgehead atoms. The standard InChI is InChI=1S/C17H20N2O5S.ClH/c1-25(22,23)19-12-2-4-13(5-3-12)24-10-15-14-9-17(21)16(20)8-11(14)6-7-18-15;/h2-5,8-9,15,18-21H,6-7,10H2,1H3;1H. The highest BCUT2D eigenvalue weighted by atomic mass is 35.5. The van der Waals surface area contributed by atoms with Crippen LogP contribution in [0.4, 0.5) is 5.69 Å². The van der Waals surface area contributed by atoms with Crippen LogP contribution in [0.2, 0.25) is 0 Å². The van der Waals surface area contributed by atoms with Crippen molar-refractivity contribution in [2.75, 3.05) is 24.1 Å². The molecule has 0 saturated carbocycles. The molecule has 7 nitrogen and oxygen atoms in total. The Balaban J connectivity index is 0.00000243. The van der Waals surface area contributed by atoms with Crippen LogP contribution in [0.3, 0.4) is 0 Å². The summed E-state index contributed by atoms with van der Waals surface area (Å²) < 4.78 is 30.6. The Hall–Kier alpha value is -2.16. The van der Waals surface area contributed by atoms with Gasteiger partial charge in [-0.2, -0.15) is 0 Å². The molecule has 0 fully saturated rings. The number of halogens is 1. The van der Waals surface area contributed by atoms with Crippen molar-refractivity contribution in [2.45, 2.75) is 12.5 Å². The normalized spacial score (nSPS) is 16.3. The molecular weight excluding hydrogens is 380 g/mol. The van der Waals surface area contributed by atoms with Crippen LogP contribution in [0.1, 0.15) is 17.2 Å². The first-order valence-corrected chi connectivity index (χ1v) is 9.70. The number of hydrogen-bond donors (Lipinski definition) is 4. The van der Waals surface area contributed by atoms with Crippen molar-refractivity contribution < 1.29 is 23.4 Å². The van der Waals surface area contributed by atoms with E-state index in [0.29, 0.717) is 18.0 Å². The van der Waals surface area contributed by atoms with Crippen LogP contribution < -0.4 is 14.8 Å². The third-order valence-corrected chi connectivity index (χ3v) is 4.58. The summed E-state index contributed by atoms with van der Waals surface area (Å²) in [6, 6.07) is 9.67. The van der Waals surface area contributed by atoms with Gasteiger partial charge < -0.3 is 20.3 Å². The van der Waals surface area contributed by atoms with Gasteiger partial charge in [-0.3, -0.25) is 4.72 Å². The SMILES string of the molecule is CS(=O)(=O)Nc1ccc(OCC2NCCc3cc(O)c(O)cc32)cc1.Cl. The predicted molar refractivity (Wildman–Crippen MR) is 102 cm³/mol. The van der Waals surface area contributed by atoms with Crippen molar-refractivity contribution in [2.24, 2.45) is 0 Å². The molecule has 142 valence electrons. The lowest BCUT2D eigenvalue weighted by Crippen LogP contribution is -2.33. The minimum absolute atomic E-state index is 0. The van der Waals surface area contributed by atoms with Gasteiger partial charge in [0, 0.05) is 5.69 Å². The van der Waals surface area contributed by atoms with Gasteiger partial charge in [-0.15, -0.1) is 12.4 Å². The number of sulfonamides is 1. The second kappa shape index (κ2) is 8.03. The van der Waals surface area contributed by atoms with E-state index in [1.54, 1.807) is 36.4 Å². The average Bonchev–Trinajstić information content (AvgIpc) is 2.54. The second-order valence-electron chi connectivity index (χ2n) is 6.01. The van der Waals surface area contributed by atoms with Crippen LogP contribution in [0, 0.1) is 0 Å². The minimum Gasteiger partial charge on any atom is -0.504 e. The van der Waals surface area contributed by atoms with Crippen LogP contribution in [0.5, 0.6) is 17.2 Å². The van der Waals surface area contributed by atoms with Crippen LogP contribution in [-0.4, -0.2) is 38.0 Å². The van der Waals surface area contributed by atoms with E-state index in [1.807, 2.05) is 0 Å². The molecule has 26 heavy (non-hydrogen) atoms. The van der Waals surface area contributed by atoms with E-state index in [-0.39, 0.29) is 29.9 Å². The summed E-state index contributed by atoms with van der Waals surface area (Å²) in [6.45, 7) is 1.10. The zero-order valence-electron chi connectivity index (χ0n) is 14.1. The maximum Gasteiger partial charge on any atom is 0.229 e. The maximum absolute atomic E-state index is 11.2. The second-order valence-corrected chi connectivity index (χ2v) is 7.75. The molecule has 4 N–H and O–H groups in total. The molecule has 1 heterocycles. The molecule has 9 heteroatoms. The number of nitrogens with one attached hydrogen (secondary N) is 2. The molecule has 1 aliphatic heterocycles. The fraction of sp³-hybridized carbons (Fsp3) is 0.294. The van der Waals surface area contributed by atoms with E-state index in [9.17, 15) is 18.6 Å². The number of ether oxygens (including phenoxy) is 1. The van der Waals surface area contributed by atoms with Gasteiger partial charge in [0.25, 0.3) is 0 Å². The maximum atomic E-state index is 11.2. The number of fused-ring (bicyclic) bond motifs is 1. The molecular formula is C17H21ClN2O5S. The summed E-state index contributed by atoms with van der Waals surface area (Å²) in [5.74, 6) is 0.342. The van der Waals surface area contributed by atoms with Crippen molar-refractivity contribution in [3.8, 4) is 17.2 Å². The molecule has 1 aliphatic rings. The van der Waals surface area contributed by atoms with Crippen molar-refractivity contribution in [3.05, 3.63) is 47.5 Å². The first-order chi connectivity index (χ1) is 11.8. The summed E-state index contributed by atoms with van der Waals surface area (Å²) in [7, 11) is -3.31. The number of anilines is 1. The molecule has 0 radical (unpaired) electrons. The lowest BCUT2D eigenvalue weighted by Gasteiger charge is -2.27. The number of aromatic hydroxyl groups is 2. The lowest BCUT2D eigenvalue weighted by atomic mass is 9.94. The summed E-state index contributed by atoms with van der Waals surface area (Å²) >= 11 is 0. The molecule has 0 spiro atoms. The smallest absolute Gasteiger partial charge is 0.229 e. The summed E-state index contributed by atoms with van der Waals surface area (Å²) in [4.78, 5) is 0. The largest absolute Gasteiger partial charge is 0.504 e. The first-order valence-electron chi connectivity index (χ1n) is 7.80. The first kappa shape index (κ1) is 20.2. The highest BCUT2D eigenvalue weighted by Gasteiger charge is 2.22. The number of phenolic OH excluding ortho intramolecular Hbond substituents is 2. The van der Waals surface area contributed by atoms with Gasteiger partial charge >= 0.3 is 0 Å². The van der Waals surface area contributed by atoms with Gasteiger partial charge in [0.2, 0.25) is 10.0 Å². The van der Waals surface area contributed by atoms with Crippen molar-refractivity contribution in [1.82, 2.24) is 5.32 Å². The molecule has 0 aromatic heterocycles. The van der Waals surface area contributed by atoms with Gasteiger partial charge in [-0.25, -0.2) is 8.42 Å². The third-order valence-electron chi connectivity index (χ3n) is 3.97. The Morgan fingerprint density at radius 3 is 2.50 bits per heavy atom. The lowest BCUT2D eigenvalue weighted by molar-refractivity contribution is 0.260.